The summed E-state index contributed by atoms with van der Waals surface area (Å²) in [6.45, 7) is 2.36. The molecule has 1 aromatic heterocycles. The van der Waals surface area contributed by atoms with Crippen LogP contribution in [0.5, 0.6) is 0 Å². The van der Waals surface area contributed by atoms with Crippen molar-refractivity contribution in [1.29, 1.82) is 0 Å². The molecule has 3 heterocycles. The van der Waals surface area contributed by atoms with Crippen molar-refractivity contribution in [3.8, 4) is 0 Å². The summed E-state index contributed by atoms with van der Waals surface area (Å²) in [7, 11) is -1.80. The van der Waals surface area contributed by atoms with E-state index in [9.17, 15) is 13.2 Å². The lowest BCUT2D eigenvalue weighted by atomic mass is 9.81. The summed E-state index contributed by atoms with van der Waals surface area (Å²) in [6.07, 6.45) is 7.48. The average Bonchev–Trinajstić information content (AvgIpc) is 3.12. The van der Waals surface area contributed by atoms with E-state index in [1.165, 1.54) is 16.8 Å². The average molecular weight is 431 g/mol. The van der Waals surface area contributed by atoms with Crippen molar-refractivity contribution in [3.63, 3.8) is 0 Å². The number of sulfonamides is 1. The van der Waals surface area contributed by atoms with E-state index in [1.807, 2.05) is 23.1 Å². The van der Waals surface area contributed by atoms with E-state index in [1.54, 1.807) is 11.6 Å². The first-order valence-corrected chi connectivity index (χ1v) is 12.2. The predicted molar refractivity (Wildman–Crippen MR) is 114 cm³/mol. The predicted octanol–water partition coefficient (Wildman–Crippen LogP) is 2.65. The highest BCUT2D eigenvalue weighted by Crippen LogP contribution is 2.34. The number of benzene rings is 1. The SMILES string of the molecule is Cn1cnc(S(=O)(=O)N2CCC([C@@H]3CCCCN(Cc4ccccc4)C3=O)CC2)c1. The van der Waals surface area contributed by atoms with E-state index in [2.05, 4.69) is 17.1 Å². The Morgan fingerprint density at radius 2 is 1.77 bits per heavy atom. The molecule has 162 valence electrons. The topological polar surface area (TPSA) is 75.5 Å². The minimum Gasteiger partial charge on any atom is -0.339 e. The lowest BCUT2D eigenvalue weighted by Crippen LogP contribution is -2.44. The maximum atomic E-state index is 13.3. The van der Waals surface area contributed by atoms with Crippen LogP contribution < -0.4 is 0 Å². The fourth-order valence-electron chi connectivity index (χ4n) is 4.71. The van der Waals surface area contributed by atoms with Gasteiger partial charge < -0.3 is 9.47 Å². The Kier molecular flexibility index (Phi) is 6.24. The highest BCUT2D eigenvalue weighted by molar-refractivity contribution is 7.89. The van der Waals surface area contributed by atoms with Gasteiger partial charge in [0.1, 0.15) is 0 Å². The van der Waals surface area contributed by atoms with Gasteiger partial charge in [-0.1, -0.05) is 36.8 Å². The zero-order valence-corrected chi connectivity index (χ0v) is 18.3. The molecular weight excluding hydrogens is 400 g/mol. The number of carbonyl (C=O) groups excluding carboxylic acids is 1. The fraction of sp³-hybridized carbons (Fsp3) is 0.545. The fourth-order valence-corrected chi connectivity index (χ4v) is 6.14. The summed E-state index contributed by atoms with van der Waals surface area (Å²) in [6, 6.07) is 10.1. The van der Waals surface area contributed by atoms with Gasteiger partial charge in [-0.25, -0.2) is 13.4 Å². The molecule has 2 aliphatic heterocycles. The summed E-state index contributed by atoms with van der Waals surface area (Å²) in [5.74, 6) is 0.474. The van der Waals surface area contributed by atoms with Crippen LogP contribution in [0.4, 0.5) is 0 Å². The number of imidazole rings is 1. The summed E-state index contributed by atoms with van der Waals surface area (Å²) >= 11 is 0. The van der Waals surface area contributed by atoms with Gasteiger partial charge in [0.25, 0.3) is 10.0 Å². The zero-order valence-electron chi connectivity index (χ0n) is 17.5. The minimum atomic E-state index is -3.56. The number of aryl methyl sites for hydroxylation is 1. The van der Waals surface area contributed by atoms with Crippen molar-refractivity contribution < 1.29 is 13.2 Å². The Balaban J connectivity index is 1.41. The van der Waals surface area contributed by atoms with Gasteiger partial charge in [0.15, 0.2) is 5.03 Å². The lowest BCUT2D eigenvalue weighted by molar-refractivity contribution is -0.137. The maximum absolute atomic E-state index is 13.3. The van der Waals surface area contributed by atoms with Crippen LogP contribution in [-0.4, -0.2) is 52.7 Å². The Labute approximate surface area is 178 Å². The summed E-state index contributed by atoms with van der Waals surface area (Å²) in [5.41, 5.74) is 1.16. The quantitative estimate of drug-likeness (QED) is 0.731. The van der Waals surface area contributed by atoms with E-state index in [4.69, 9.17) is 0 Å². The molecule has 0 unspecified atom stereocenters. The van der Waals surface area contributed by atoms with Crippen molar-refractivity contribution in [2.45, 2.75) is 43.7 Å². The van der Waals surface area contributed by atoms with E-state index in [0.717, 1.165) is 44.2 Å². The molecule has 0 spiro atoms. The number of hydrogen-bond acceptors (Lipinski definition) is 4. The number of amides is 1. The second-order valence-corrected chi connectivity index (χ2v) is 10.4. The lowest BCUT2D eigenvalue weighted by Gasteiger charge is -2.35. The van der Waals surface area contributed by atoms with Crippen LogP contribution in [0.1, 0.15) is 37.7 Å². The molecule has 1 aromatic carbocycles. The molecule has 0 N–H and O–H groups in total. The number of carbonyl (C=O) groups is 1. The van der Waals surface area contributed by atoms with Crippen molar-refractivity contribution in [2.24, 2.45) is 18.9 Å². The number of hydrogen-bond donors (Lipinski definition) is 0. The normalized spacial score (nSPS) is 22.2. The van der Waals surface area contributed by atoms with Gasteiger partial charge in [0.05, 0.1) is 6.33 Å². The van der Waals surface area contributed by atoms with Crippen LogP contribution >= 0.6 is 0 Å². The van der Waals surface area contributed by atoms with E-state index < -0.39 is 10.0 Å². The third-order valence-electron chi connectivity index (χ3n) is 6.39. The van der Waals surface area contributed by atoms with Gasteiger partial charge in [-0.2, -0.15) is 4.31 Å². The summed E-state index contributed by atoms with van der Waals surface area (Å²) in [4.78, 5) is 19.4. The molecule has 1 atom stereocenters. The minimum absolute atomic E-state index is 0.00378. The standard InChI is InChI=1S/C22H30N4O3S/c1-24-16-21(23-17-24)30(28,29)26-13-10-19(11-14-26)20-9-5-6-12-25(22(20)27)15-18-7-3-2-4-8-18/h2-4,7-8,16-17,19-20H,5-6,9-15H2,1H3/t20-/m0/s1. The van der Waals surface area contributed by atoms with Crippen molar-refractivity contribution >= 4 is 15.9 Å². The number of aromatic nitrogens is 2. The molecule has 8 heteroatoms. The van der Waals surface area contributed by atoms with Gasteiger partial charge in [0, 0.05) is 45.3 Å². The van der Waals surface area contributed by atoms with E-state index in [-0.39, 0.29) is 22.8 Å². The number of likely N-dealkylation sites (tertiary alicyclic amines) is 1. The van der Waals surface area contributed by atoms with Gasteiger partial charge in [0.2, 0.25) is 5.91 Å². The Hall–Kier alpha value is -2.19. The van der Waals surface area contributed by atoms with Crippen molar-refractivity contribution in [3.05, 3.63) is 48.4 Å². The first kappa shape index (κ1) is 21.1. The van der Waals surface area contributed by atoms with E-state index in [0.29, 0.717) is 19.6 Å². The third kappa shape index (κ3) is 4.44. The molecule has 4 rings (SSSR count). The largest absolute Gasteiger partial charge is 0.339 e. The van der Waals surface area contributed by atoms with Crippen LogP contribution in [0.15, 0.2) is 47.9 Å². The Bertz CT molecular complexity index is 965. The van der Waals surface area contributed by atoms with Crippen LogP contribution in [0.3, 0.4) is 0 Å². The molecule has 1 amide bonds. The van der Waals surface area contributed by atoms with Crippen molar-refractivity contribution in [1.82, 2.24) is 18.8 Å². The van der Waals surface area contributed by atoms with Gasteiger partial charge in [-0.05, 0) is 37.2 Å². The first-order valence-electron chi connectivity index (χ1n) is 10.8. The van der Waals surface area contributed by atoms with Crippen molar-refractivity contribution in [2.75, 3.05) is 19.6 Å². The third-order valence-corrected chi connectivity index (χ3v) is 8.18. The first-order chi connectivity index (χ1) is 14.4. The monoisotopic (exact) mass is 430 g/mol. The van der Waals surface area contributed by atoms with Gasteiger partial charge >= 0.3 is 0 Å². The number of piperidine rings is 1. The van der Waals surface area contributed by atoms with Gasteiger partial charge in [-0.3, -0.25) is 4.79 Å². The molecular formula is C22H30N4O3S. The molecule has 0 aliphatic carbocycles. The van der Waals surface area contributed by atoms with Crippen LogP contribution in [0.25, 0.3) is 0 Å². The second kappa shape index (κ2) is 8.89. The summed E-state index contributed by atoms with van der Waals surface area (Å²) in [5, 5.41) is 0.100. The Morgan fingerprint density at radius 1 is 1.03 bits per heavy atom. The molecule has 0 saturated carbocycles. The molecule has 7 nitrogen and oxygen atoms in total. The smallest absolute Gasteiger partial charge is 0.262 e. The molecule has 2 saturated heterocycles. The second-order valence-electron chi connectivity index (χ2n) is 8.47. The zero-order chi connectivity index (χ0) is 21.1. The molecule has 0 radical (unpaired) electrons. The highest BCUT2D eigenvalue weighted by Gasteiger charge is 2.38. The molecule has 0 bridgehead atoms. The Morgan fingerprint density at radius 3 is 2.43 bits per heavy atom. The van der Waals surface area contributed by atoms with Crippen LogP contribution in [0.2, 0.25) is 0 Å². The highest BCUT2D eigenvalue weighted by atomic mass is 32.2. The number of nitrogens with zero attached hydrogens (tertiary/aromatic N) is 4. The molecule has 30 heavy (non-hydrogen) atoms. The van der Waals surface area contributed by atoms with Gasteiger partial charge in [-0.15, -0.1) is 0 Å². The number of rotatable bonds is 5. The molecule has 2 aromatic rings. The van der Waals surface area contributed by atoms with Crippen LogP contribution in [-0.2, 0) is 28.4 Å². The maximum Gasteiger partial charge on any atom is 0.262 e. The molecule has 2 fully saturated rings. The summed E-state index contributed by atoms with van der Waals surface area (Å²) < 4.78 is 28.8. The molecule has 2 aliphatic rings. The van der Waals surface area contributed by atoms with E-state index >= 15 is 0 Å². The van der Waals surface area contributed by atoms with Crippen LogP contribution in [0, 0.1) is 11.8 Å².